The maximum Gasteiger partial charge on any atom is 0.407 e. The highest BCUT2D eigenvalue weighted by Gasteiger charge is 2.32. The summed E-state index contributed by atoms with van der Waals surface area (Å²) in [6, 6.07) is 1.15. The van der Waals surface area contributed by atoms with E-state index in [1.165, 1.54) is 6.92 Å². The molecule has 0 spiro atoms. The molecule has 0 aliphatic heterocycles. The molecule has 30 heavy (non-hydrogen) atoms. The number of nitrogens with zero attached hydrogens (tertiary/aromatic N) is 3. The molecule has 0 bridgehead atoms. The molecule has 2 aromatic heterocycles. The molecule has 1 aliphatic carbocycles. The molecule has 2 amide bonds. The van der Waals surface area contributed by atoms with Gasteiger partial charge in [-0.2, -0.15) is 10.2 Å². The van der Waals surface area contributed by atoms with E-state index in [4.69, 9.17) is 4.74 Å². The number of halogens is 2. The fourth-order valence-electron chi connectivity index (χ4n) is 3.36. The summed E-state index contributed by atoms with van der Waals surface area (Å²) in [4.78, 5) is 24.2. The number of amides is 2. The van der Waals surface area contributed by atoms with E-state index in [-0.39, 0.29) is 24.3 Å². The Hall–Kier alpha value is -2.18. The van der Waals surface area contributed by atoms with Gasteiger partial charge in [0.25, 0.3) is 0 Å². The first-order valence-corrected chi connectivity index (χ1v) is 10.9. The third-order valence-electron chi connectivity index (χ3n) is 5.18. The number of nitrogens with one attached hydrogen (secondary N) is 3. The van der Waals surface area contributed by atoms with Crippen LogP contribution >= 0.6 is 22.6 Å². The van der Waals surface area contributed by atoms with Crippen LogP contribution in [0.4, 0.5) is 15.0 Å². The monoisotopic (exact) mass is 532 g/mol. The number of aromatic amines is 1. The molecule has 3 rings (SSSR count). The Morgan fingerprint density at radius 2 is 2.27 bits per heavy atom. The summed E-state index contributed by atoms with van der Waals surface area (Å²) in [5.74, 6) is 0.432. The summed E-state index contributed by atoms with van der Waals surface area (Å²) >= 11 is 1.65. The van der Waals surface area contributed by atoms with Crippen molar-refractivity contribution in [2.24, 2.45) is 7.05 Å². The van der Waals surface area contributed by atoms with Crippen LogP contribution in [0, 0.1) is 0 Å². The van der Waals surface area contributed by atoms with E-state index in [0.29, 0.717) is 18.7 Å². The first kappa shape index (κ1) is 22.5. The van der Waals surface area contributed by atoms with Crippen LogP contribution in [0.15, 0.2) is 18.5 Å². The summed E-state index contributed by atoms with van der Waals surface area (Å²) in [5, 5.41) is 16.5. The molecule has 164 valence electrons. The number of aromatic nitrogens is 4. The van der Waals surface area contributed by atoms with Gasteiger partial charge in [-0.05, 0) is 61.3 Å². The van der Waals surface area contributed by atoms with E-state index >= 15 is 0 Å². The molecule has 11 heteroatoms. The molecule has 9 nitrogen and oxygen atoms in total. The minimum Gasteiger partial charge on any atom is -0.446 e. The molecule has 0 saturated heterocycles. The first-order valence-electron chi connectivity index (χ1n) is 9.78. The number of carbonyl (C=O) groups is 2. The lowest BCUT2D eigenvalue weighted by Gasteiger charge is -2.23. The van der Waals surface area contributed by atoms with E-state index in [9.17, 15) is 14.0 Å². The summed E-state index contributed by atoms with van der Waals surface area (Å²) in [5.41, 5.74) is 1.71. The number of alkyl halides is 2. The van der Waals surface area contributed by atoms with Crippen LogP contribution in [-0.2, 0) is 23.0 Å². The minimum absolute atomic E-state index is 0.146. The Bertz CT molecular complexity index is 893. The van der Waals surface area contributed by atoms with Gasteiger partial charge in [-0.15, -0.1) is 0 Å². The van der Waals surface area contributed by atoms with Crippen molar-refractivity contribution in [3.63, 3.8) is 0 Å². The van der Waals surface area contributed by atoms with Gasteiger partial charge in [0.15, 0.2) is 9.49 Å². The average Bonchev–Trinajstić information content (AvgIpc) is 3.36. The third-order valence-corrected chi connectivity index (χ3v) is 6.12. The number of carbonyl (C=O) groups excluding carboxylic acids is 2. The molecule has 1 saturated carbocycles. The number of hydrogen-bond acceptors (Lipinski definition) is 5. The second-order valence-electron chi connectivity index (χ2n) is 7.82. The number of alkyl carbamates (subject to hydrolysis) is 1. The quantitative estimate of drug-likeness (QED) is 0.375. The molecule has 0 unspecified atom stereocenters. The highest BCUT2D eigenvalue weighted by Crippen LogP contribution is 2.36. The Kier molecular flexibility index (Phi) is 6.98. The molecular weight excluding hydrogens is 506 g/mol. The standard InChI is InChI=1S/C19H26FIN6O3/c1-11(19(2,20)21)23-18(29)30-14-5-4-13(7-14)15-8-16(26-25-15)24-17(28)6-12-9-22-27(3)10-12/h8-11,13-14H,4-7H2,1-3H3,(H,23,29)(H2,24,25,26,28)/t11-,13-,14+,19-/m0/s1. The summed E-state index contributed by atoms with van der Waals surface area (Å²) in [7, 11) is 1.80. The van der Waals surface area contributed by atoms with Crippen molar-refractivity contribution in [1.29, 1.82) is 0 Å². The smallest absolute Gasteiger partial charge is 0.407 e. The third kappa shape index (κ3) is 6.16. The van der Waals surface area contributed by atoms with Gasteiger partial charge in [0.05, 0.1) is 18.7 Å². The van der Waals surface area contributed by atoms with Gasteiger partial charge in [-0.3, -0.25) is 14.6 Å². The van der Waals surface area contributed by atoms with Gasteiger partial charge in [0.1, 0.15) is 6.10 Å². The summed E-state index contributed by atoms with van der Waals surface area (Å²) < 4.78 is 19.4. The maximum absolute atomic E-state index is 13.8. The Morgan fingerprint density at radius 3 is 2.93 bits per heavy atom. The second-order valence-corrected chi connectivity index (χ2v) is 9.92. The van der Waals surface area contributed by atoms with Crippen LogP contribution in [0.1, 0.15) is 50.3 Å². The van der Waals surface area contributed by atoms with Crippen molar-refractivity contribution in [2.75, 3.05) is 5.32 Å². The van der Waals surface area contributed by atoms with Crippen molar-refractivity contribution >= 4 is 40.4 Å². The van der Waals surface area contributed by atoms with Gasteiger partial charge >= 0.3 is 6.09 Å². The molecule has 4 atom stereocenters. The number of H-pyrrole nitrogens is 1. The van der Waals surface area contributed by atoms with E-state index in [1.807, 2.05) is 0 Å². The molecule has 2 aromatic rings. The number of aryl methyl sites for hydroxylation is 1. The van der Waals surface area contributed by atoms with Crippen molar-refractivity contribution in [1.82, 2.24) is 25.3 Å². The fourth-order valence-corrected chi connectivity index (χ4v) is 3.52. The SMILES string of the molecule is C[C@H](NC(=O)O[C@@H]1CC[C@H](c2cc(NC(=O)Cc3cnn(C)c3)n[nH]2)C1)[C@@](C)(F)I. The second kappa shape index (κ2) is 9.31. The van der Waals surface area contributed by atoms with E-state index in [1.54, 1.807) is 59.7 Å². The Morgan fingerprint density at radius 1 is 1.50 bits per heavy atom. The van der Waals surface area contributed by atoms with Crippen LogP contribution in [0.2, 0.25) is 0 Å². The molecule has 3 N–H and O–H groups in total. The van der Waals surface area contributed by atoms with Gasteiger partial charge in [-0.25, -0.2) is 9.18 Å². The van der Waals surface area contributed by atoms with E-state index in [2.05, 4.69) is 25.9 Å². The van der Waals surface area contributed by atoms with Crippen LogP contribution in [0.5, 0.6) is 0 Å². The van der Waals surface area contributed by atoms with Crippen molar-refractivity contribution in [3.05, 3.63) is 29.7 Å². The molecule has 0 aromatic carbocycles. The van der Waals surface area contributed by atoms with E-state index in [0.717, 1.165) is 17.7 Å². The first-order chi connectivity index (χ1) is 14.1. The molecule has 1 aliphatic rings. The highest BCUT2D eigenvalue weighted by molar-refractivity contribution is 14.1. The average molecular weight is 532 g/mol. The molecule has 1 fully saturated rings. The zero-order valence-electron chi connectivity index (χ0n) is 17.1. The highest BCUT2D eigenvalue weighted by atomic mass is 127. The predicted molar refractivity (Wildman–Crippen MR) is 117 cm³/mol. The summed E-state index contributed by atoms with van der Waals surface area (Å²) in [6.45, 7) is 3.00. The zero-order chi connectivity index (χ0) is 21.9. The van der Waals surface area contributed by atoms with Crippen molar-refractivity contribution < 1.29 is 18.7 Å². The maximum atomic E-state index is 13.8. The van der Waals surface area contributed by atoms with Crippen LogP contribution in [-0.4, -0.2) is 47.8 Å². The lowest BCUT2D eigenvalue weighted by Crippen LogP contribution is -2.43. The van der Waals surface area contributed by atoms with Gasteiger partial charge in [0.2, 0.25) is 5.91 Å². The van der Waals surface area contributed by atoms with E-state index < -0.39 is 15.8 Å². The minimum atomic E-state index is -1.55. The zero-order valence-corrected chi connectivity index (χ0v) is 19.3. The normalized spacial score (nSPS) is 21.6. The predicted octanol–water partition coefficient (Wildman–Crippen LogP) is 3.20. The van der Waals surface area contributed by atoms with Crippen LogP contribution < -0.4 is 10.6 Å². The Labute approximate surface area is 187 Å². The van der Waals surface area contributed by atoms with Crippen LogP contribution in [0.3, 0.4) is 0 Å². The number of rotatable bonds is 7. The van der Waals surface area contributed by atoms with Gasteiger partial charge in [0, 0.05) is 30.9 Å². The molecular formula is C19H26FIN6O3. The summed E-state index contributed by atoms with van der Waals surface area (Å²) in [6.07, 6.45) is 4.99. The topological polar surface area (TPSA) is 114 Å². The lowest BCUT2D eigenvalue weighted by molar-refractivity contribution is -0.115. The molecule has 0 radical (unpaired) electrons. The van der Waals surface area contributed by atoms with Crippen molar-refractivity contribution in [2.45, 2.75) is 61.3 Å². The van der Waals surface area contributed by atoms with Crippen LogP contribution in [0.25, 0.3) is 0 Å². The fraction of sp³-hybridized carbons (Fsp3) is 0.579. The van der Waals surface area contributed by atoms with Gasteiger partial charge < -0.3 is 15.4 Å². The van der Waals surface area contributed by atoms with Gasteiger partial charge in [-0.1, -0.05) is 0 Å². The largest absolute Gasteiger partial charge is 0.446 e. The number of ether oxygens (including phenoxy) is 1. The number of anilines is 1. The molecule has 2 heterocycles. The number of hydrogen-bond donors (Lipinski definition) is 3. The van der Waals surface area contributed by atoms with Crippen molar-refractivity contribution in [3.8, 4) is 0 Å². The lowest BCUT2D eigenvalue weighted by atomic mass is 10.0. The Balaban J connectivity index is 1.47.